The number of phenols is 1. The summed E-state index contributed by atoms with van der Waals surface area (Å²) in [6.45, 7) is 0. The Morgan fingerprint density at radius 2 is 1.86 bits per heavy atom. The molecule has 0 fully saturated rings. The highest BCUT2D eigenvalue weighted by molar-refractivity contribution is 8.93. The summed E-state index contributed by atoms with van der Waals surface area (Å²) in [7, 11) is 3.96. The standard InChI is InChI=1S/C17H17ClN2O.BrH/c1-20(2)15-10-11-6-5-9-14(21)16(11)17(19-15)12-7-3-4-8-13(12)18;/h3-9,17,21H,10H2,1-2H3;1H. The van der Waals surface area contributed by atoms with Crippen LogP contribution < -0.4 is 0 Å². The van der Waals surface area contributed by atoms with Gasteiger partial charge in [-0.3, -0.25) is 4.99 Å². The van der Waals surface area contributed by atoms with Crippen molar-refractivity contribution in [1.82, 2.24) is 4.90 Å². The van der Waals surface area contributed by atoms with Crippen molar-refractivity contribution < 1.29 is 5.11 Å². The van der Waals surface area contributed by atoms with Gasteiger partial charge in [0.25, 0.3) is 0 Å². The van der Waals surface area contributed by atoms with Crippen LogP contribution in [0.4, 0.5) is 0 Å². The van der Waals surface area contributed by atoms with E-state index in [0.717, 1.165) is 28.9 Å². The first-order chi connectivity index (χ1) is 10.1. The second-order valence-electron chi connectivity index (χ2n) is 5.39. The van der Waals surface area contributed by atoms with Crippen LogP contribution in [0.15, 0.2) is 47.5 Å². The molecule has 2 aromatic carbocycles. The van der Waals surface area contributed by atoms with E-state index in [-0.39, 0.29) is 28.8 Å². The number of amidine groups is 1. The third-order valence-electron chi connectivity index (χ3n) is 3.79. The van der Waals surface area contributed by atoms with Crippen LogP contribution in [0.25, 0.3) is 0 Å². The van der Waals surface area contributed by atoms with E-state index in [9.17, 15) is 5.11 Å². The third-order valence-corrected chi connectivity index (χ3v) is 4.13. The molecule has 116 valence electrons. The number of nitrogens with zero attached hydrogens (tertiary/aromatic N) is 2. The molecule has 0 amide bonds. The van der Waals surface area contributed by atoms with Crippen LogP contribution >= 0.6 is 28.6 Å². The number of aliphatic imine (C=N–C) groups is 1. The number of hydrogen-bond acceptors (Lipinski definition) is 3. The van der Waals surface area contributed by atoms with E-state index in [0.29, 0.717) is 5.02 Å². The van der Waals surface area contributed by atoms with Crippen molar-refractivity contribution in [2.75, 3.05) is 14.1 Å². The van der Waals surface area contributed by atoms with Gasteiger partial charge in [-0.15, -0.1) is 17.0 Å². The van der Waals surface area contributed by atoms with E-state index in [4.69, 9.17) is 16.6 Å². The molecule has 1 N–H and O–H groups in total. The largest absolute Gasteiger partial charge is 0.508 e. The zero-order valence-corrected chi connectivity index (χ0v) is 14.9. The second-order valence-corrected chi connectivity index (χ2v) is 5.80. The lowest BCUT2D eigenvalue weighted by atomic mass is 9.89. The third kappa shape index (κ3) is 2.99. The number of hydrogen-bond donors (Lipinski definition) is 1. The quantitative estimate of drug-likeness (QED) is 0.802. The summed E-state index contributed by atoms with van der Waals surface area (Å²) < 4.78 is 0. The van der Waals surface area contributed by atoms with Crippen molar-refractivity contribution in [1.29, 1.82) is 0 Å². The monoisotopic (exact) mass is 380 g/mol. The number of benzene rings is 2. The minimum Gasteiger partial charge on any atom is -0.508 e. The van der Waals surface area contributed by atoms with Crippen molar-refractivity contribution in [2.24, 2.45) is 4.99 Å². The Balaban J connectivity index is 0.00000176. The Morgan fingerprint density at radius 3 is 2.55 bits per heavy atom. The molecule has 2 aromatic rings. The highest BCUT2D eigenvalue weighted by Crippen LogP contribution is 2.40. The molecule has 0 spiro atoms. The van der Waals surface area contributed by atoms with Crippen LogP contribution in [0.3, 0.4) is 0 Å². The molecule has 0 aliphatic carbocycles. The summed E-state index contributed by atoms with van der Waals surface area (Å²) in [5.74, 6) is 1.26. The van der Waals surface area contributed by atoms with Crippen LogP contribution in [0.1, 0.15) is 22.7 Å². The number of aromatic hydroxyl groups is 1. The van der Waals surface area contributed by atoms with Crippen LogP contribution in [0.5, 0.6) is 5.75 Å². The van der Waals surface area contributed by atoms with E-state index >= 15 is 0 Å². The van der Waals surface area contributed by atoms with Crippen molar-refractivity contribution >= 4 is 34.4 Å². The van der Waals surface area contributed by atoms with Gasteiger partial charge in [-0.05, 0) is 23.3 Å². The van der Waals surface area contributed by atoms with Crippen LogP contribution in [0, 0.1) is 0 Å². The minimum atomic E-state index is -0.263. The Morgan fingerprint density at radius 1 is 1.14 bits per heavy atom. The summed E-state index contributed by atoms with van der Waals surface area (Å²) in [5.41, 5.74) is 2.87. The molecule has 1 aliphatic rings. The van der Waals surface area contributed by atoms with Gasteiger partial charge in [-0.25, -0.2) is 0 Å². The molecule has 1 unspecified atom stereocenters. The second kappa shape index (κ2) is 6.71. The van der Waals surface area contributed by atoms with Crippen molar-refractivity contribution in [3.8, 4) is 5.75 Å². The number of phenolic OH excluding ortho intramolecular Hbond substituents is 1. The van der Waals surface area contributed by atoms with E-state index in [1.807, 2.05) is 55.4 Å². The highest BCUT2D eigenvalue weighted by Gasteiger charge is 2.27. The maximum Gasteiger partial charge on any atom is 0.121 e. The molecule has 5 heteroatoms. The van der Waals surface area contributed by atoms with Gasteiger partial charge >= 0.3 is 0 Å². The lowest BCUT2D eigenvalue weighted by molar-refractivity contribution is 0.462. The fraction of sp³-hybridized carbons (Fsp3) is 0.235. The van der Waals surface area contributed by atoms with Crippen molar-refractivity contribution in [2.45, 2.75) is 12.5 Å². The first-order valence-corrected chi connectivity index (χ1v) is 7.25. The molecule has 0 saturated carbocycles. The lowest BCUT2D eigenvalue weighted by Crippen LogP contribution is -2.28. The van der Waals surface area contributed by atoms with Gasteiger partial charge in [-0.2, -0.15) is 0 Å². The van der Waals surface area contributed by atoms with Crippen LogP contribution in [0.2, 0.25) is 5.02 Å². The lowest BCUT2D eigenvalue weighted by Gasteiger charge is -2.28. The fourth-order valence-corrected chi connectivity index (χ4v) is 2.93. The normalized spacial score (nSPS) is 16.3. The van der Waals surface area contributed by atoms with Gasteiger partial charge in [0.2, 0.25) is 0 Å². The molecule has 22 heavy (non-hydrogen) atoms. The molecule has 1 aliphatic heterocycles. The van der Waals surface area contributed by atoms with Gasteiger partial charge in [0.1, 0.15) is 17.6 Å². The van der Waals surface area contributed by atoms with Crippen LogP contribution in [-0.4, -0.2) is 29.9 Å². The molecular weight excluding hydrogens is 364 g/mol. The molecule has 3 rings (SSSR count). The molecule has 3 nitrogen and oxygen atoms in total. The first-order valence-electron chi connectivity index (χ1n) is 6.87. The Labute approximate surface area is 146 Å². The number of rotatable bonds is 1. The Hall–Kier alpha value is -1.52. The average molecular weight is 382 g/mol. The molecular formula is C17H18BrClN2O. The molecule has 1 heterocycles. The summed E-state index contributed by atoms with van der Waals surface area (Å²) in [5, 5.41) is 10.9. The summed E-state index contributed by atoms with van der Waals surface area (Å²) in [4.78, 5) is 6.82. The van der Waals surface area contributed by atoms with Gasteiger partial charge in [-0.1, -0.05) is 41.9 Å². The van der Waals surface area contributed by atoms with Crippen molar-refractivity contribution in [3.63, 3.8) is 0 Å². The number of likely N-dealkylation sites (N-methyl/N-ethyl adjacent to an activating group) is 1. The summed E-state index contributed by atoms with van der Waals surface area (Å²) >= 11 is 6.34. The van der Waals surface area contributed by atoms with Gasteiger partial charge in [0, 0.05) is 31.1 Å². The van der Waals surface area contributed by atoms with Gasteiger partial charge in [0.05, 0.1) is 0 Å². The zero-order chi connectivity index (χ0) is 15.0. The Bertz CT molecular complexity index is 716. The molecule has 0 saturated heterocycles. The van der Waals surface area contributed by atoms with E-state index in [2.05, 4.69) is 0 Å². The number of fused-ring (bicyclic) bond motifs is 1. The Kier molecular flexibility index (Phi) is 5.14. The van der Waals surface area contributed by atoms with Crippen molar-refractivity contribution in [3.05, 3.63) is 64.2 Å². The van der Waals surface area contributed by atoms with Gasteiger partial charge in [0.15, 0.2) is 0 Å². The topological polar surface area (TPSA) is 35.8 Å². The molecule has 0 radical (unpaired) electrons. The van der Waals surface area contributed by atoms with Gasteiger partial charge < -0.3 is 10.0 Å². The van der Waals surface area contributed by atoms with E-state index in [1.165, 1.54) is 0 Å². The van der Waals surface area contributed by atoms with E-state index < -0.39 is 0 Å². The molecule has 0 aromatic heterocycles. The first kappa shape index (κ1) is 16.8. The SMILES string of the molecule is Br.CN(C)C1=NC(c2ccccc2Cl)c2c(O)cccc2C1. The smallest absolute Gasteiger partial charge is 0.121 e. The predicted molar refractivity (Wildman–Crippen MR) is 96.5 cm³/mol. The fourth-order valence-electron chi connectivity index (χ4n) is 2.69. The molecule has 1 atom stereocenters. The van der Waals surface area contributed by atoms with E-state index in [1.54, 1.807) is 6.07 Å². The highest BCUT2D eigenvalue weighted by atomic mass is 79.9. The minimum absolute atomic E-state index is 0. The summed E-state index contributed by atoms with van der Waals surface area (Å²) in [6, 6.07) is 13.0. The maximum absolute atomic E-state index is 10.3. The zero-order valence-electron chi connectivity index (χ0n) is 12.5. The van der Waals surface area contributed by atoms with Crippen LogP contribution in [-0.2, 0) is 6.42 Å². The average Bonchev–Trinajstić information content (AvgIpc) is 2.47. The summed E-state index contributed by atoms with van der Waals surface area (Å²) in [6.07, 6.45) is 0.720. The molecule has 0 bridgehead atoms. The number of halogens is 2. The predicted octanol–water partition coefficient (Wildman–Crippen LogP) is 4.23. The maximum atomic E-state index is 10.3.